The fraction of sp³-hybridized carbons (Fsp3) is 0.286. The van der Waals surface area contributed by atoms with E-state index in [0.717, 1.165) is 25.7 Å². The van der Waals surface area contributed by atoms with Crippen molar-refractivity contribution in [3.05, 3.63) is 58.5 Å². The van der Waals surface area contributed by atoms with Crippen molar-refractivity contribution in [3.63, 3.8) is 0 Å². The Morgan fingerprint density at radius 2 is 2.04 bits per heavy atom. The number of nitrogens with zero attached hydrogens (tertiary/aromatic N) is 3. The summed E-state index contributed by atoms with van der Waals surface area (Å²) in [5.41, 5.74) is 7.24. The Morgan fingerprint density at radius 3 is 2.93 bits per heavy atom. The van der Waals surface area contributed by atoms with Crippen molar-refractivity contribution in [1.82, 2.24) is 15.0 Å². The van der Waals surface area contributed by atoms with Crippen LogP contribution in [0, 0.1) is 0 Å². The van der Waals surface area contributed by atoms with Crippen LogP contribution in [0.25, 0.3) is 16.6 Å². The summed E-state index contributed by atoms with van der Waals surface area (Å²) < 4.78 is 5.40. The third-order valence-corrected chi connectivity index (χ3v) is 5.67. The highest BCUT2D eigenvalue weighted by Crippen LogP contribution is 2.42. The molecular weight excluding hydrogens is 360 g/mol. The average molecular weight is 379 g/mol. The van der Waals surface area contributed by atoms with E-state index in [-0.39, 0.29) is 11.3 Å². The molecule has 136 valence electrons. The summed E-state index contributed by atoms with van der Waals surface area (Å²) in [6, 6.07) is 10.8. The van der Waals surface area contributed by atoms with Gasteiger partial charge in [0, 0.05) is 18.3 Å². The summed E-state index contributed by atoms with van der Waals surface area (Å²) in [5.74, 6) is 1.31. The van der Waals surface area contributed by atoms with E-state index in [9.17, 15) is 0 Å². The first-order chi connectivity index (χ1) is 13.2. The Morgan fingerprint density at radius 1 is 1.15 bits per heavy atom. The summed E-state index contributed by atoms with van der Waals surface area (Å²) in [4.78, 5) is 13.2. The molecule has 0 unspecified atom stereocenters. The van der Waals surface area contributed by atoms with Crippen LogP contribution in [0.5, 0.6) is 5.75 Å². The van der Waals surface area contributed by atoms with Gasteiger partial charge < -0.3 is 10.1 Å². The van der Waals surface area contributed by atoms with Crippen LogP contribution >= 0.6 is 11.6 Å². The normalized spacial score (nSPS) is 18.4. The molecule has 0 saturated carbocycles. The number of pyridine rings is 1. The molecule has 0 amide bonds. The largest absolute Gasteiger partial charge is 0.494 e. The Bertz CT molecular complexity index is 1080. The lowest BCUT2D eigenvalue weighted by Crippen LogP contribution is -2.24. The molecule has 0 bridgehead atoms. The van der Waals surface area contributed by atoms with E-state index in [1.807, 2.05) is 0 Å². The first-order valence-electron chi connectivity index (χ1n) is 9.15. The molecule has 1 N–H and O–H groups in total. The Balaban J connectivity index is 1.47. The van der Waals surface area contributed by atoms with E-state index >= 15 is 0 Å². The van der Waals surface area contributed by atoms with Crippen molar-refractivity contribution in [3.8, 4) is 5.75 Å². The third-order valence-electron chi connectivity index (χ3n) is 5.50. The summed E-state index contributed by atoms with van der Waals surface area (Å²) >= 11 is 6.17. The zero-order chi connectivity index (χ0) is 18.4. The molecule has 0 aliphatic heterocycles. The van der Waals surface area contributed by atoms with Crippen molar-refractivity contribution in [2.24, 2.45) is 0 Å². The molecule has 3 aromatic rings. The van der Waals surface area contributed by atoms with Gasteiger partial charge in [0.2, 0.25) is 5.28 Å². The van der Waals surface area contributed by atoms with Crippen LogP contribution in [0.4, 0.5) is 5.82 Å². The number of fused-ring (bicyclic) bond motifs is 3. The van der Waals surface area contributed by atoms with Crippen LogP contribution in [0.3, 0.4) is 0 Å². The number of hydrogen-bond donors (Lipinski definition) is 1. The van der Waals surface area contributed by atoms with Crippen LogP contribution in [0.2, 0.25) is 5.28 Å². The van der Waals surface area contributed by atoms with Crippen LogP contribution in [0.15, 0.2) is 42.1 Å². The maximum absolute atomic E-state index is 6.17. The molecule has 0 spiro atoms. The van der Waals surface area contributed by atoms with Gasteiger partial charge >= 0.3 is 0 Å². The fourth-order valence-electron chi connectivity index (χ4n) is 4.25. The summed E-state index contributed by atoms with van der Waals surface area (Å²) in [6.45, 7) is 0. The Hall–Kier alpha value is -2.66. The minimum Gasteiger partial charge on any atom is -0.494 e. The maximum atomic E-state index is 6.17. The second-order valence-corrected chi connectivity index (χ2v) is 7.39. The minimum absolute atomic E-state index is 0.193. The van der Waals surface area contributed by atoms with Crippen molar-refractivity contribution in [2.75, 3.05) is 12.4 Å². The van der Waals surface area contributed by atoms with Crippen LogP contribution in [-0.4, -0.2) is 28.1 Å². The highest BCUT2D eigenvalue weighted by Gasteiger charge is 2.28. The SMILES string of the molecule is COc1ccnc2c(N[C@@H]3CCC4=C(C3)c3ccccc3C4)nc(Cl)nc12. The van der Waals surface area contributed by atoms with Crippen molar-refractivity contribution >= 4 is 34.0 Å². The van der Waals surface area contributed by atoms with E-state index in [2.05, 4.69) is 44.5 Å². The van der Waals surface area contributed by atoms with Gasteiger partial charge in [0.15, 0.2) is 5.82 Å². The minimum atomic E-state index is 0.193. The molecule has 1 aromatic carbocycles. The lowest BCUT2D eigenvalue weighted by atomic mass is 9.88. The van der Waals surface area contributed by atoms with Crippen LogP contribution in [-0.2, 0) is 6.42 Å². The van der Waals surface area contributed by atoms with Crippen molar-refractivity contribution in [1.29, 1.82) is 0 Å². The predicted molar refractivity (Wildman–Crippen MR) is 107 cm³/mol. The first kappa shape index (κ1) is 16.5. The smallest absolute Gasteiger partial charge is 0.225 e. The number of allylic oxidation sites excluding steroid dienone is 1. The molecule has 27 heavy (non-hydrogen) atoms. The number of hydrogen-bond acceptors (Lipinski definition) is 5. The number of ether oxygens (including phenoxy) is 1. The van der Waals surface area contributed by atoms with Gasteiger partial charge in [-0.25, -0.2) is 4.98 Å². The van der Waals surface area contributed by atoms with E-state index < -0.39 is 0 Å². The molecule has 5 nitrogen and oxygen atoms in total. The van der Waals surface area contributed by atoms with Gasteiger partial charge in [0.05, 0.1) is 7.11 Å². The fourth-order valence-corrected chi connectivity index (χ4v) is 4.42. The number of aromatic nitrogens is 3. The molecule has 0 saturated heterocycles. The number of rotatable bonds is 3. The Kier molecular flexibility index (Phi) is 3.97. The highest BCUT2D eigenvalue weighted by molar-refractivity contribution is 6.28. The standard InChI is InChI=1S/C21H19ClN4O/c1-27-17-8-9-23-19-18(17)25-21(22)26-20(19)24-14-7-6-13-10-12-4-2-3-5-15(12)16(13)11-14/h2-5,8-9,14H,6-7,10-11H2,1H3,(H,24,25,26)/t14-/m1/s1. The first-order valence-corrected chi connectivity index (χ1v) is 9.52. The van der Waals surface area contributed by atoms with Gasteiger partial charge in [0.25, 0.3) is 0 Å². The van der Waals surface area contributed by atoms with E-state index in [1.165, 1.54) is 16.7 Å². The molecular formula is C21H19ClN4O. The highest BCUT2D eigenvalue weighted by atomic mass is 35.5. The summed E-state index contributed by atoms with van der Waals surface area (Å²) in [5, 5.41) is 3.76. The second kappa shape index (κ2) is 6.50. The molecule has 2 aromatic heterocycles. The quantitative estimate of drug-likeness (QED) is 0.671. The monoisotopic (exact) mass is 378 g/mol. The number of benzene rings is 1. The van der Waals surface area contributed by atoms with Gasteiger partial charge in [-0.05, 0) is 54.0 Å². The van der Waals surface area contributed by atoms with Crippen molar-refractivity contribution in [2.45, 2.75) is 31.7 Å². The molecule has 0 radical (unpaired) electrons. The lowest BCUT2D eigenvalue weighted by molar-refractivity contribution is 0.418. The van der Waals surface area contributed by atoms with E-state index in [4.69, 9.17) is 16.3 Å². The van der Waals surface area contributed by atoms with Gasteiger partial charge in [0.1, 0.15) is 16.8 Å². The summed E-state index contributed by atoms with van der Waals surface area (Å²) in [7, 11) is 1.62. The summed E-state index contributed by atoms with van der Waals surface area (Å²) in [6.07, 6.45) is 5.96. The second-order valence-electron chi connectivity index (χ2n) is 7.05. The molecule has 0 fully saturated rings. The van der Waals surface area contributed by atoms with Gasteiger partial charge in [-0.1, -0.05) is 29.8 Å². The number of anilines is 1. The number of nitrogens with one attached hydrogen (secondary N) is 1. The molecule has 1 atom stereocenters. The van der Waals surface area contributed by atoms with Crippen LogP contribution in [0.1, 0.15) is 30.4 Å². The van der Waals surface area contributed by atoms with Gasteiger partial charge in [-0.2, -0.15) is 4.98 Å². The molecule has 2 aliphatic carbocycles. The van der Waals surface area contributed by atoms with E-state index in [0.29, 0.717) is 22.6 Å². The lowest BCUT2D eigenvalue weighted by Gasteiger charge is -2.26. The van der Waals surface area contributed by atoms with E-state index in [1.54, 1.807) is 24.9 Å². The average Bonchev–Trinajstić information content (AvgIpc) is 3.05. The zero-order valence-electron chi connectivity index (χ0n) is 15.0. The maximum Gasteiger partial charge on any atom is 0.225 e. The van der Waals surface area contributed by atoms with Crippen LogP contribution < -0.4 is 10.1 Å². The predicted octanol–water partition coefficient (Wildman–Crippen LogP) is 4.66. The molecule has 6 heteroatoms. The zero-order valence-corrected chi connectivity index (χ0v) is 15.8. The molecule has 2 aliphatic rings. The van der Waals surface area contributed by atoms with Crippen molar-refractivity contribution < 1.29 is 4.74 Å². The number of methoxy groups -OCH3 is 1. The molecule has 5 rings (SSSR count). The topological polar surface area (TPSA) is 59.9 Å². The molecule has 2 heterocycles. The number of halogens is 1. The third kappa shape index (κ3) is 2.82. The van der Waals surface area contributed by atoms with Gasteiger partial charge in [-0.3, -0.25) is 4.98 Å². The van der Waals surface area contributed by atoms with Gasteiger partial charge in [-0.15, -0.1) is 0 Å². The Labute approximate surface area is 162 Å².